The molecule has 1 heterocycles. The zero-order valence-corrected chi connectivity index (χ0v) is 24.0. The maximum absolute atomic E-state index is 13.3. The minimum atomic E-state index is -0.640. The van der Waals surface area contributed by atoms with E-state index in [-0.39, 0.29) is 38.0 Å². The van der Waals surface area contributed by atoms with Gasteiger partial charge < -0.3 is 14.5 Å². The lowest BCUT2D eigenvalue weighted by atomic mass is 10.1. The van der Waals surface area contributed by atoms with Gasteiger partial charge in [0.25, 0.3) is 5.91 Å². The van der Waals surface area contributed by atoms with Gasteiger partial charge in [-0.3, -0.25) is 19.9 Å². The summed E-state index contributed by atoms with van der Waals surface area (Å²) in [5.41, 5.74) is 2.17. The molecule has 0 aromatic heterocycles. The van der Waals surface area contributed by atoms with Crippen LogP contribution in [0.15, 0.2) is 42.5 Å². The van der Waals surface area contributed by atoms with Gasteiger partial charge in [0, 0.05) is 45.3 Å². The summed E-state index contributed by atoms with van der Waals surface area (Å²) in [6.45, 7) is 6.88. The molecule has 3 rings (SSSR count). The Bertz CT molecular complexity index is 1150. The first-order chi connectivity index (χ1) is 17.9. The highest BCUT2D eigenvalue weighted by molar-refractivity contribution is 6.35. The SMILES string of the molecule is CN(CCN(C(=O)CNCC(=O)N(C)N1Cc2ccccc2C1)c1cc(Cl)ccc1Cl)C(=O)OC(C)(C)C. The number of benzene rings is 2. The highest BCUT2D eigenvalue weighted by Crippen LogP contribution is 2.29. The second-order valence-corrected chi connectivity index (χ2v) is 11.0. The summed E-state index contributed by atoms with van der Waals surface area (Å²) < 4.78 is 5.40. The van der Waals surface area contributed by atoms with Crippen LogP contribution in [0.1, 0.15) is 31.9 Å². The summed E-state index contributed by atoms with van der Waals surface area (Å²) in [6, 6.07) is 12.9. The Labute approximate surface area is 234 Å². The molecule has 0 unspecified atom stereocenters. The third-order valence-electron chi connectivity index (χ3n) is 6.03. The van der Waals surface area contributed by atoms with E-state index in [0.29, 0.717) is 28.8 Å². The molecule has 2 aromatic carbocycles. The standard InChI is InChI=1S/C27H35Cl2N5O4/c1-27(2,3)38-26(37)31(4)12-13-34(23-14-21(28)10-11-22(23)29)25(36)16-30-15-24(35)32(5)33-17-19-8-6-7-9-20(19)18-33/h6-11,14,30H,12-13,15-18H2,1-5H3. The first-order valence-electron chi connectivity index (χ1n) is 12.3. The van der Waals surface area contributed by atoms with E-state index in [9.17, 15) is 14.4 Å². The topological polar surface area (TPSA) is 85.4 Å². The van der Waals surface area contributed by atoms with Crippen LogP contribution in [-0.4, -0.2) is 78.7 Å². The van der Waals surface area contributed by atoms with E-state index < -0.39 is 11.7 Å². The third-order valence-corrected chi connectivity index (χ3v) is 6.58. The summed E-state index contributed by atoms with van der Waals surface area (Å²) in [5.74, 6) is -0.488. The smallest absolute Gasteiger partial charge is 0.410 e. The number of amides is 3. The van der Waals surface area contributed by atoms with Crippen LogP contribution in [0.3, 0.4) is 0 Å². The number of likely N-dealkylation sites (N-methyl/N-ethyl adjacent to an activating group) is 2. The summed E-state index contributed by atoms with van der Waals surface area (Å²) in [4.78, 5) is 41.3. The zero-order valence-electron chi connectivity index (χ0n) is 22.5. The highest BCUT2D eigenvalue weighted by atomic mass is 35.5. The normalized spacial score (nSPS) is 13.1. The largest absolute Gasteiger partial charge is 0.444 e. The number of fused-ring (bicyclic) bond motifs is 1. The lowest BCUT2D eigenvalue weighted by Crippen LogP contribution is -2.47. The van der Waals surface area contributed by atoms with Crippen LogP contribution in [0.25, 0.3) is 0 Å². The first kappa shape index (κ1) is 29.7. The van der Waals surface area contributed by atoms with Gasteiger partial charge in [-0.25, -0.2) is 9.80 Å². The Kier molecular flexibility index (Phi) is 10.0. The summed E-state index contributed by atoms with van der Waals surface area (Å²) in [6.07, 6.45) is -0.502. The molecule has 2 aromatic rings. The second-order valence-electron chi connectivity index (χ2n) is 10.2. The van der Waals surface area contributed by atoms with Crippen molar-refractivity contribution in [2.45, 2.75) is 39.5 Å². The van der Waals surface area contributed by atoms with Gasteiger partial charge in [0.05, 0.1) is 23.8 Å². The molecule has 0 aliphatic carbocycles. The van der Waals surface area contributed by atoms with E-state index in [2.05, 4.69) is 17.4 Å². The monoisotopic (exact) mass is 563 g/mol. The Morgan fingerprint density at radius 2 is 1.55 bits per heavy atom. The Morgan fingerprint density at radius 1 is 0.947 bits per heavy atom. The molecule has 9 nitrogen and oxygen atoms in total. The summed E-state index contributed by atoms with van der Waals surface area (Å²) in [7, 11) is 3.32. The number of halogens is 2. The van der Waals surface area contributed by atoms with Gasteiger partial charge in [0.2, 0.25) is 5.91 Å². The van der Waals surface area contributed by atoms with Crippen molar-refractivity contribution in [3.8, 4) is 0 Å². The Hall–Kier alpha value is -2.85. The molecule has 0 atom stereocenters. The van der Waals surface area contributed by atoms with E-state index >= 15 is 0 Å². The molecule has 38 heavy (non-hydrogen) atoms. The van der Waals surface area contributed by atoms with E-state index in [1.807, 2.05) is 17.1 Å². The highest BCUT2D eigenvalue weighted by Gasteiger charge is 2.26. The molecule has 0 saturated heterocycles. The Balaban J connectivity index is 1.60. The van der Waals surface area contributed by atoms with Crippen molar-refractivity contribution in [1.82, 2.24) is 20.2 Å². The van der Waals surface area contributed by atoms with Gasteiger partial charge in [0.15, 0.2) is 0 Å². The molecule has 1 N–H and O–H groups in total. The van der Waals surface area contributed by atoms with E-state index in [4.69, 9.17) is 27.9 Å². The number of anilines is 1. The molecule has 0 saturated carbocycles. The third kappa shape index (κ3) is 8.07. The summed E-state index contributed by atoms with van der Waals surface area (Å²) >= 11 is 12.6. The minimum Gasteiger partial charge on any atom is -0.444 e. The number of nitrogens with one attached hydrogen (secondary N) is 1. The molecule has 11 heteroatoms. The van der Waals surface area contributed by atoms with Crippen LogP contribution in [0.4, 0.5) is 10.5 Å². The van der Waals surface area contributed by atoms with E-state index in [0.717, 1.165) is 0 Å². The number of carbonyl (C=O) groups excluding carboxylic acids is 3. The van der Waals surface area contributed by atoms with Crippen LogP contribution < -0.4 is 10.2 Å². The molecule has 206 valence electrons. The molecule has 0 fully saturated rings. The fourth-order valence-electron chi connectivity index (χ4n) is 3.92. The molecule has 0 bridgehead atoms. The van der Waals surface area contributed by atoms with Gasteiger partial charge in [0.1, 0.15) is 5.60 Å². The zero-order chi connectivity index (χ0) is 28.0. The van der Waals surface area contributed by atoms with Crippen LogP contribution in [-0.2, 0) is 27.4 Å². The maximum atomic E-state index is 13.3. The number of hydrazine groups is 1. The van der Waals surface area contributed by atoms with Gasteiger partial charge in [-0.1, -0.05) is 47.5 Å². The van der Waals surface area contributed by atoms with Crippen LogP contribution in [0.2, 0.25) is 10.0 Å². The van der Waals surface area contributed by atoms with Gasteiger partial charge in [-0.15, -0.1) is 0 Å². The fourth-order valence-corrected chi connectivity index (χ4v) is 4.31. The predicted molar refractivity (Wildman–Crippen MR) is 149 cm³/mol. The molecular weight excluding hydrogens is 529 g/mol. The quantitative estimate of drug-likeness (QED) is 0.492. The number of hydrogen-bond donors (Lipinski definition) is 1. The van der Waals surface area contributed by atoms with Crippen molar-refractivity contribution in [2.24, 2.45) is 0 Å². The number of hydrogen-bond acceptors (Lipinski definition) is 6. The fraction of sp³-hybridized carbons (Fsp3) is 0.444. The van der Waals surface area contributed by atoms with Crippen molar-refractivity contribution in [3.05, 3.63) is 63.6 Å². The van der Waals surface area contributed by atoms with E-state index in [1.165, 1.54) is 20.9 Å². The lowest BCUT2D eigenvalue weighted by molar-refractivity contribution is -0.145. The van der Waals surface area contributed by atoms with Gasteiger partial charge >= 0.3 is 6.09 Å². The number of ether oxygens (including phenoxy) is 1. The number of carbonyl (C=O) groups is 3. The molecule has 3 amide bonds. The van der Waals surface area contributed by atoms with E-state index in [1.54, 1.807) is 58.1 Å². The molecule has 0 radical (unpaired) electrons. The first-order valence-corrected chi connectivity index (χ1v) is 13.1. The van der Waals surface area contributed by atoms with Crippen molar-refractivity contribution >= 4 is 46.8 Å². The van der Waals surface area contributed by atoms with Crippen LogP contribution >= 0.6 is 23.2 Å². The van der Waals surface area contributed by atoms with Crippen molar-refractivity contribution < 1.29 is 19.1 Å². The van der Waals surface area contributed by atoms with Crippen molar-refractivity contribution in [3.63, 3.8) is 0 Å². The molecule has 1 aliphatic heterocycles. The average Bonchev–Trinajstić information content (AvgIpc) is 3.28. The maximum Gasteiger partial charge on any atom is 0.410 e. The second kappa shape index (κ2) is 12.8. The predicted octanol–water partition coefficient (Wildman–Crippen LogP) is 4.17. The molecule has 0 spiro atoms. The Morgan fingerprint density at radius 3 is 2.16 bits per heavy atom. The van der Waals surface area contributed by atoms with Gasteiger partial charge in [-0.2, -0.15) is 0 Å². The lowest BCUT2D eigenvalue weighted by Gasteiger charge is -2.29. The molecule has 1 aliphatic rings. The summed E-state index contributed by atoms with van der Waals surface area (Å²) in [5, 5.41) is 7.24. The minimum absolute atomic E-state index is 0.0238. The number of nitrogens with zero attached hydrogens (tertiary/aromatic N) is 4. The van der Waals surface area contributed by atoms with Crippen LogP contribution in [0.5, 0.6) is 0 Å². The average molecular weight is 565 g/mol. The van der Waals surface area contributed by atoms with Crippen molar-refractivity contribution in [1.29, 1.82) is 0 Å². The van der Waals surface area contributed by atoms with Crippen molar-refractivity contribution in [2.75, 3.05) is 45.2 Å². The van der Waals surface area contributed by atoms with Crippen LogP contribution in [0, 0.1) is 0 Å². The van der Waals surface area contributed by atoms with Gasteiger partial charge in [-0.05, 0) is 50.1 Å². The number of rotatable bonds is 9. The molecular formula is C27H35Cl2N5O4.